The number of guanidine groups is 1. The number of amides is 1. The smallest absolute Gasteiger partial charge is 0.243 e. The third kappa shape index (κ3) is 7.31. The monoisotopic (exact) mass is 577 g/mol. The molecular weight excluding hydrogens is 541 g/mol. The van der Waals surface area contributed by atoms with Crippen molar-refractivity contribution in [3.63, 3.8) is 0 Å². The zero-order valence-corrected chi connectivity index (χ0v) is 22.0. The number of aliphatic imine (C=N–C) groups is 1. The third-order valence-corrected chi connectivity index (χ3v) is 7.84. The van der Waals surface area contributed by atoms with Gasteiger partial charge in [-0.2, -0.15) is 4.31 Å². The average Bonchev–Trinajstić information content (AvgIpc) is 2.77. The maximum absolute atomic E-state index is 12.8. The van der Waals surface area contributed by atoms with E-state index in [1.165, 1.54) is 0 Å². The fraction of sp³-hybridized carbons (Fsp3) is 0.636. The average molecular weight is 578 g/mol. The van der Waals surface area contributed by atoms with Gasteiger partial charge in [-0.1, -0.05) is 18.6 Å². The Balaban J connectivity index is 0.00000363. The summed E-state index contributed by atoms with van der Waals surface area (Å²) in [5.41, 5.74) is 6.34. The van der Waals surface area contributed by atoms with Gasteiger partial charge in [0.25, 0.3) is 0 Å². The highest BCUT2D eigenvalue weighted by molar-refractivity contribution is 14.0. The van der Waals surface area contributed by atoms with E-state index in [1.807, 2.05) is 19.1 Å². The summed E-state index contributed by atoms with van der Waals surface area (Å²) in [4.78, 5) is 18.6. The number of nitrogens with one attached hydrogen (secondary N) is 1. The van der Waals surface area contributed by atoms with Crippen LogP contribution in [0.25, 0.3) is 0 Å². The van der Waals surface area contributed by atoms with Crippen LogP contribution in [0.15, 0.2) is 34.2 Å². The summed E-state index contributed by atoms with van der Waals surface area (Å²) in [6.45, 7) is 6.11. The molecule has 8 nitrogen and oxygen atoms in total. The largest absolute Gasteiger partial charge is 0.370 e. The van der Waals surface area contributed by atoms with Gasteiger partial charge in [-0.3, -0.25) is 4.79 Å². The summed E-state index contributed by atoms with van der Waals surface area (Å²) in [6.07, 6.45) is 5.36. The van der Waals surface area contributed by atoms with E-state index < -0.39 is 10.0 Å². The molecule has 0 aliphatic carbocycles. The Bertz CT molecular complexity index is 870. The van der Waals surface area contributed by atoms with E-state index in [2.05, 4.69) is 10.2 Å². The van der Waals surface area contributed by atoms with E-state index in [0.29, 0.717) is 31.0 Å². The van der Waals surface area contributed by atoms with Crippen molar-refractivity contribution in [1.29, 1.82) is 0 Å². The number of nitrogens with zero attached hydrogens (tertiary/aromatic N) is 3. The minimum absolute atomic E-state index is 0. The fourth-order valence-electron chi connectivity index (χ4n) is 4.32. The second-order valence-electron chi connectivity index (χ2n) is 8.40. The van der Waals surface area contributed by atoms with Gasteiger partial charge in [0.2, 0.25) is 15.9 Å². The molecule has 180 valence electrons. The standard InChI is InChI=1S/C22H35N5O3S.HI/c1-2-24-22(26-12-6-7-19(17-26)15-21(23)28)25-16-18-8-10-20(11-9-18)31(29,30)27-13-4-3-5-14-27;/h8-11,19H,2-7,12-17H2,1H3,(H2,23,28)(H,24,25);1H. The molecule has 3 rings (SSSR count). The van der Waals surface area contributed by atoms with Crippen molar-refractivity contribution in [1.82, 2.24) is 14.5 Å². The number of rotatable bonds is 7. The van der Waals surface area contributed by atoms with Crippen LogP contribution in [0.4, 0.5) is 0 Å². The number of nitrogens with two attached hydrogens (primary N) is 1. The van der Waals surface area contributed by atoms with Gasteiger partial charge >= 0.3 is 0 Å². The molecule has 0 aromatic heterocycles. The molecule has 2 saturated heterocycles. The molecule has 10 heteroatoms. The molecular formula is C22H36IN5O3S. The Morgan fingerprint density at radius 1 is 1.12 bits per heavy atom. The molecule has 3 N–H and O–H groups in total. The van der Waals surface area contributed by atoms with Crippen molar-refractivity contribution in [2.24, 2.45) is 16.6 Å². The van der Waals surface area contributed by atoms with Crippen molar-refractivity contribution >= 4 is 45.9 Å². The third-order valence-electron chi connectivity index (χ3n) is 5.93. The highest BCUT2D eigenvalue weighted by Crippen LogP contribution is 2.22. The van der Waals surface area contributed by atoms with E-state index in [4.69, 9.17) is 10.7 Å². The molecule has 0 saturated carbocycles. The van der Waals surface area contributed by atoms with Gasteiger partial charge in [0.05, 0.1) is 11.4 Å². The number of primary amides is 1. The van der Waals surface area contributed by atoms with Crippen LogP contribution in [-0.4, -0.2) is 62.2 Å². The molecule has 1 amide bonds. The topological polar surface area (TPSA) is 108 Å². The molecule has 2 fully saturated rings. The highest BCUT2D eigenvalue weighted by atomic mass is 127. The predicted molar refractivity (Wildman–Crippen MR) is 137 cm³/mol. The Labute approximate surface area is 209 Å². The number of carbonyl (C=O) groups is 1. The van der Waals surface area contributed by atoms with Gasteiger partial charge in [-0.05, 0) is 56.2 Å². The molecule has 1 atom stereocenters. The molecule has 0 bridgehead atoms. The van der Waals surface area contributed by atoms with Gasteiger partial charge < -0.3 is 16.0 Å². The van der Waals surface area contributed by atoms with Gasteiger partial charge in [0.15, 0.2) is 5.96 Å². The Hall–Kier alpha value is -1.40. The summed E-state index contributed by atoms with van der Waals surface area (Å²) < 4.78 is 27.2. The summed E-state index contributed by atoms with van der Waals surface area (Å²) in [5.74, 6) is 0.824. The SMILES string of the molecule is CCNC(=NCc1ccc(S(=O)(=O)N2CCCCC2)cc1)N1CCCC(CC(N)=O)C1.I. The molecule has 2 aliphatic heterocycles. The zero-order chi connectivity index (χ0) is 22.3. The Morgan fingerprint density at radius 2 is 1.81 bits per heavy atom. The second kappa shape index (κ2) is 12.7. The summed E-state index contributed by atoms with van der Waals surface area (Å²) in [7, 11) is -3.41. The van der Waals surface area contributed by atoms with Crippen LogP contribution in [0.2, 0.25) is 0 Å². The van der Waals surface area contributed by atoms with Crippen molar-refractivity contribution in [2.75, 3.05) is 32.7 Å². The first-order chi connectivity index (χ1) is 14.9. The minimum atomic E-state index is -3.41. The van der Waals surface area contributed by atoms with E-state index in [0.717, 1.165) is 63.3 Å². The molecule has 1 aromatic carbocycles. The molecule has 0 spiro atoms. The maximum Gasteiger partial charge on any atom is 0.243 e. The van der Waals surface area contributed by atoms with E-state index >= 15 is 0 Å². The van der Waals surface area contributed by atoms with E-state index in [9.17, 15) is 13.2 Å². The Kier molecular flexibility index (Phi) is 10.7. The molecule has 32 heavy (non-hydrogen) atoms. The van der Waals surface area contributed by atoms with Crippen molar-refractivity contribution < 1.29 is 13.2 Å². The minimum Gasteiger partial charge on any atom is -0.370 e. The number of carbonyl (C=O) groups excluding carboxylic acids is 1. The van der Waals surface area contributed by atoms with Crippen LogP contribution in [-0.2, 0) is 21.4 Å². The fourth-order valence-corrected chi connectivity index (χ4v) is 5.84. The number of sulfonamides is 1. The van der Waals surface area contributed by atoms with Crippen LogP contribution in [0, 0.1) is 5.92 Å². The van der Waals surface area contributed by atoms with Crippen LogP contribution < -0.4 is 11.1 Å². The summed E-state index contributed by atoms with van der Waals surface area (Å²) in [6, 6.07) is 7.06. The van der Waals surface area contributed by atoms with Crippen molar-refractivity contribution in [3.05, 3.63) is 29.8 Å². The van der Waals surface area contributed by atoms with Crippen LogP contribution >= 0.6 is 24.0 Å². The lowest BCUT2D eigenvalue weighted by Gasteiger charge is -2.34. The molecule has 1 aromatic rings. The lowest BCUT2D eigenvalue weighted by atomic mass is 9.95. The molecule has 2 aliphatic rings. The quantitative estimate of drug-likeness (QED) is 0.294. The van der Waals surface area contributed by atoms with Gasteiger partial charge in [0, 0.05) is 39.1 Å². The van der Waals surface area contributed by atoms with Crippen LogP contribution in [0.1, 0.15) is 51.0 Å². The van der Waals surface area contributed by atoms with Crippen LogP contribution in [0.5, 0.6) is 0 Å². The first-order valence-corrected chi connectivity index (χ1v) is 12.7. The maximum atomic E-state index is 12.8. The normalized spacial score (nSPS) is 20.5. The zero-order valence-electron chi connectivity index (χ0n) is 18.8. The summed E-state index contributed by atoms with van der Waals surface area (Å²) in [5, 5.41) is 3.33. The van der Waals surface area contributed by atoms with Gasteiger partial charge in [-0.25, -0.2) is 13.4 Å². The predicted octanol–water partition coefficient (Wildman–Crippen LogP) is 2.53. The number of benzene rings is 1. The number of hydrogen-bond donors (Lipinski definition) is 2. The molecule has 0 radical (unpaired) electrons. The molecule has 1 unspecified atom stereocenters. The van der Waals surface area contributed by atoms with E-state index in [-0.39, 0.29) is 35.8 Å². The van der Waals surface area contributed by atoms with E-state index in [1.54, 1.807) is 16.4 Å². The van der Waals surface area contributed by atoms with Crippen LogP contribution in [0.3, 0.4) is 0 Å². The highest BCUT2D eigenvalue weighted by Gasteiger charge is 2.26. The van der Waals surface area contributed by atoms with Gasteiger partial charge in [-0.15, -0.1) is 24.0 Å². The lowest BCUT2D eigenvalue weighted by molar-refractivity contribution is -0.119. The number of halogens is 1. The lowest BCUT2D eigenvalue weighted by Crippen LogP contribution is -2.47. The van der Waals surface area contributed by atoms with Crippen molar-refractivity contribution in [3.8, 4) is 0 Å². The first-order valence-electron chi connectivity index (χ1n) is 11.3. The second-order valence-corrected chi connectivity index (χ2v) is 10.3. The van der Waals surface area contributed by atoms with Crippen molar-refractivity contribution in [2.45, 2.75) is 56.9 Å². The number of piperidine rings is 2. The first kappa shape index (κ1) is 26.8. The van der Waals surface area contributed by atoms with Gasteiger partial charge in [0.1, 0.15) is 0 Å². The summed E-state index contributed by atoms with van der Waals surface area (Å²) >= 11 is 0. The Morgan fingerprint density at radius 3 is 2.44 bits per heavy atom. The number of hydrogen-bond acceptors (Lipinski definition) is 4. The number of likely N-dealkylation sites (tertiary alicyclic amines) is 1. The molecule has 2 heterocycles.